The van der Waals surface area contributed by atoms with Crippen LogP contribution in [0, 0.1) is 5.82 Å². The Kier molecular flexibility index (Phi) is 5.99. The standard InChI is InChI=1S/C26H24F4N2O3/c1-14(2)35-24(34)19-12-32(23(33)15-9-16(26(28,29)30)11-17(27)10-15)13-25(3,4)21-18-7-5-6-8-20(18)31-22(19)21/h5-12,14,31H,13H2,1-4H3. The van der Waals surface area contributed by atoms with Crippen LogP contribution < -0.4 is 0 Å². The molecule has 1 amide bonds. The van der Waals surface area contributed by atoms with E-state index in [0.29, 0.717) is 17.8 Å². The summed E-state index contributed by atoms with van der Waals surface area (Å²) in [5.41, 5.74) is -0.407. The Morgan fingerprint density at radius 2 is 1.80 bits per heavy atom. The number of nitrogens with one attached hydrogen (secondary N) is 1. The summed E-state index contributed by atoms with van der Waals surface area (Å²) >= 11 is 0. The number of benzene rings is 2. The van der Waals surface area contributed by atoms with Gasteiger partial charge in [0.2, 0.25) is 0 Å². The number of rotatable bonds is 3. The molecule has 0 radical (unpaired) electrons. The van der Waals surface area contributed by atoms with Gasteiger partial charge in [-0.25, -0.2) is 9.18 Å². The molecule has 3 aromatic rings. The van der Waals surface area contributed by atoms with Crippen LogP contribution in [0.5, 0.6) is 0 Å². The first-order chi connectivity index (χ1) is 16.3. The van der Waals surface area contributed by atoms with Crippen molar-refractivity contribution in [3.63, 3.8) is 0 Å². The third kappa shape index (κ3) is 4.67. The minimum atomic E-state index is -4.83. The number of carbonyl (C=O) groups is 2. The Bertz CT molecular complexity index is 1350. The summed E-state index contributed by atoms with van der Waals surface area (Å²) in [4.78, 5) is 30.9. The van der Waals surface area contributed by atoms with Crippen molar-refractivity contribution in [3.8, 4) is 0 Å². The molecule has 1 aromatic heterocycles. The minimum Gasteiger partial charge on any atom is -0.459 e. The van der Waals surface area contributed by atoms with Gasteiger partial charge in [-0.1, -0.05) is 32.0 Å². The van der Waals surface area contributed by atoms with Gasteiger partial charge in [-0.05, 0) is 43.7 Å². The van der Waals surface area contributed by atoms with E-state index >= 15 is 0 Å². The number of hydrogen-bond donors (Lipinski definition) is 1. The maximum atomic E-state index is 14.0. The quantitative estimate of drug-likeness (QED) is 0.361. The molecule has 184 valence electrons. The minimum absolute atomic E-state index is 0.0248. The molecule has 0 fully saturated rings. The van der Waals surface area contributed by atoms with E-state index in [1.54, 1.807) is 13.8 Å². The second-order valence-corrected chi connectivity index (χ2v) is 9.46. The Morgan fingerprint density at radius 3 is 2.46 bits per heavy atom. The fourth-order valence-electron chi connectivity index (χ4n) is 4.42. The van der Waals surface area contributed by atoms with Crippen LogP contribution in [-0.4, -0.2) is 34.4 Å². The number of carbonyl (C=O) groups excluding carboxylic acids is 2. The van der Waals surface area contributed by atoms with Gasteiger partial charge >= 0.3 is 12.1 Å². The average Bonchev–Trinajstić information content (AvgIpc) is 3.09. The number of aromatic amines is 1. The van der Waals surface area contributed by atoms with Gasteiger partial charge in [0.05, 0.1) is 22.9 Å². The summed E-state index contributed by atoms with van der Waals surface area (Å²) < 4.78 is 59.2. The van der Waals surface area contributed by atoms with Gasteiger partial charge in [0.25, 0.3) is 5.91 Å². The summed E-state index contributed by atoms with van der Waals surface area (Å²) in [6, 6.07) is 9.14. The third-order valence-electron chi connectivity index (χ3n) is 5.80. The van der Waals surface area contributed by atoms with E-state index < -0.39 is 46.5 Å². The van der Waals surface area contributed by atoms with Gasteiger partial charge in [-0.15, -0.1) is 0 Å². The number of ether oxygens (including phenoxy) is 1. The maximum absolute atomic E-state index is 14.0. The SMILES string of the molecule is CC(C)OC(=O)C1=CN(C(=O)c2cc(F)cc(C(F)(F)F)c2)CC(C)(C)c2c1[nH]c1ccccc21. The number of halogens is 4. The van der Waals surface area contributed by atoms with Crippen LogP contribution in [0.25, 0.3) is 16.5 Å². The van der Waals surface area contributed by atoms with Crippen LogP contribution >= 0.6 is 0 Å². The first-order valence-corrected chi connectivity index (χ1v) is 11.0. The highest BCUT2D eigenvalue weighted by Gasteiger charge is 2.38. The summed E-state index contributed by atoms with van der Waals surface area (Å²) in [5.74, 6) is -2.75. The van der Waals surface area contributed by atoms with Crippen molar-refractivity contribution in [1.82, 2.24) is 9.88 Å². The van der Waals surface area contributed by atoms with E-state index in [1.165, 1.54) is 6.20 Å². The smallest absolute Gasteiger partial charge is 0.416 e. The molecule has 0 atom stereocenters. The lowest BCUT2D eigenvalue weighted by Gasteiger charge is -2.29. The highest BCUT2D eigenvalue weighted by Crippen LogP contribution is 2.41. The van der Waals surface area contributed by atoms with Gasteiger partial charge in [0, 0.05) is 34.6 Å². The van der Waals surface area contributed by atoms with Gasteiger partial charge < -0.3 is 14.6 Å². The fraction of sp³-hybridized carbons (Fsp3) is 0.308. The fourth-order valence-corrected chi connectivity index (χ4v) is 4.42. The zero-order valence-corrected chi connectivity index (χ0v) is 19.6. The van der Waals surface area contributed by atoms with Gasteiger partial charge in [-0.2, -0.15) is 13.2 Å². The van der Waals surface area contributed by atoms with Crippen LogP contribution in [0.15, 0.2) is 48.7 Å². The molecule has 1 N–H and O–H groups in total. The molecule has 0 saturated heterocycles. The molecule has 0 aliphatic carbocycles. The van der Waals surface area contributed by atoms with E-state index in [4.69, 9.17) is 4.74 Å². The van der Waals surface area contributed by atoms with Crippen molar-refractivity contribution >= 4 is 28.4 Å². The Labute approximate surface area is 199 Å². The summed E-state index contributed by atoms with van der Waals surface area (Å²) in [7, 11) is 0. The van der Waals surface area contributed by atoms with Crippen LogP contribution in [-0.2, 0) is 21.1 Å². The molecule has 0 spiro atoms. The number of amides is 1. The number of fused-ring (bicyclic) bond motifs is 3. The summed E-state index contributed by atoms with van der Waals surface area (Å²) in [6.45, 7) is 7.11. The summed E-state index contributed by atoms with van der Waals surface area (Å²) in [5, 5.41) is 0.843. The number of esters is 1. The molecule has 0 saturated carbocycles. The van der Waals surface area contributed by atoms with Crippen LogP contribution in [0.4, 0.5) is 17.6 Å². The van der Waals surface area contributed by atoms with Gasteiger partial charge in [-0.3, -0.25) is 4.79 Å². The van der Waals surface area contributed by atoms with Crippen LogP contribution in [0.2, 0.25) is 0 Å². The second-order valence-electron chi connectivity index (χ2n) is 9.46. The predicted octanol–water partition coefficient (Wildman–Crippen LogP) is 6.05. The lowest BCUT2D eigenvalue weighted by atomic mass is 9.81. The average molecular weight is 488 g/mol. The van der Waals surface area contributed by atoms with Crippen molar-refractivity contribution in [1.29, 1.82) is 0 Å². The third-order valence-corrected chi connectivity index (χ3v) is 5.80. The topological polar surface area (TPSA) is 62.4 Å². The Hall–Kier alpha value is -3.62. The first kappa shape index (κ1) is 24.5. The highest BCUT2D eigenvalue weighted by atomic mass is 19.4. The van der Waals surface area contributed by atoms with Crippen molar-refractivity contribution in [2.45, 2.75) is 45.4 Å². The van der Waals surface area contributed by atoms with Crippen LogP contribution in [0.1, 0.15) is 54.9 Å². The van der Waals surface area contributed by atoms with E-state index in [2.05, 4.69) is 4.98 Å². The van der Waals surface area contributed by atoms with E-state index in [0.717, 1.165) is 27.4 Å². The molecule has 2 heterocycles. The predicted molar refractivity (Wildman–Crippen MR) is 123 cm³/mol. The van der Waals surface area contributed by atoms with E-state index in [9.17, 15) is 27.2 Å². The molecule has 1 aliphatic rings. The maximum Gasteiger partial charge on any atom is 0.416 e. The van der Waals surface area contributed by atoms with Gasteiger partial charge in [0.15, 0.2) is 0 Å². The van der Waals surface area contributed by atoms with E-state index in [1.807, 2.05) is 38.1 Å². The summed E-state index contributed by atoms with van der Waals surface area (Å²) in [6.07, 6.45) is -4.00. The van der Waals surface area contributed by atoms with Gasteiger partial charge in [0.1, 0.15) is 5.82 Å². The number of alkyl halides is 3. The number of aromatic nitrogens is 1. The van der Waals surface area contributed by atoms with Crippen LogP contribution in [0.3, 0.4) is 0 Å². The molecule has 35 heavy (non-hydrogen) atoms. The van der Waals surface area contributed by atoms with E-state index in [-0.39, 0.29) is 12.1 Å². The molecule has 9 heteroatoms. The monoisotopic (exact) mass is 488 g/mol. The molecule has 1 aliphatic heterocycles. The Morgan fingerprint density at radius 1 is 1.11 bits per heavy atom. The molecule has 0 unspecified atom stereocenters. The molecule has 0 bridgehead atoms. The largest absolute Gasteiger partial charge is 0.459 e. The number of para-hydroxylation sites is 1. The molecular weight excluding hydrogens is 464 g/mol. The zero-order valence-electron chi connectivity index (χ0n) is 19.6. The second kappa shape index (κ2) is 8.55. The normalized spacial score (nSPS) is 15.6. The van der Waals surface area contributed by atoms with Crippen molar-refractivity contribution < 1.29 is 31.9 Å². The van der Waals surface area contributed by atoms with Crippen molar-refractivity contribution in [3.05, 3.63) is 76.9 Å². The molecular formula is C26H24F4N2O3. The molecule has 2 aromatic carbocycles. The lowest BCUT2D eigenvalue weighted by Crippen LogP contribution is -2.37. The number of hydrogen-bond acceptors (Lipinski definition) is 3. The van der Waals surface area contributed by atoms with Crippen molar-refractivity contribution in [2.75, 3.05) is 6.54 Å². The number of nitrogens with zero attached hydrogens (tertiary/aromatic N) is 1. The molecule has 4 rings (SSSR count). The first-order valence-electron chi connectivity index (χ1n) is 11.0. The molecule has 5 nitrogen and oxygen atoms in total. The Balaban J connectivity index is 1.89. The number of H-pyrrole nitrogens is 1. The lowest BCUT2D eigenvalue weighted by molar-refractivity contribution is -0.140. The van der Waals surface area contributed by atoms with Crippen molar-refractivity contribution in [2.24, 2.45) is 0 Å². The highest BCUT2D eigenvalue weighted by molar-refractivity contribution is 6.18. The zero-order chi connectivity index (χ0) is 25.7.